The summed E-state index contributed by atoms with van der Waals surface area (Å²) in [6, 6.07) is 9.72. The molecule has 29 heavy (non-hydrogen) atoms. The Hall–Kier alpha value is -2.08. The Kier molecular flexibility index (Phi) is 7.92. The average Bonchev–Trinajstić information content (AvgIpc) is 2.77. The second-order valence-corrected chi connectivity index (χ2v) is 8.29. The molecule has 2 saturated heterocycles. The average molecular weight is 403 g/mol. The summed E-state index contributed by atoms with van der Waals surface area (Å²) in [4.78, 5) is 29.6. The third-order valence-electron chi connectivity index (χ3n) is 5.94. The van der Waals surface area contributed by atoms with Crippen molar-refractivity contribution in [3.05, 3.63) is 30.3 Å². The Morgan fingerprint density at radius 2 is 1.83 bits per heavy atom. The molecule has 160 valence electrons. The van der Waals surface area contributed by atoms with Crippen molar-refractivity contribution < 1.29 is 19.1 Å². The van der Waals surface area contributed by atoms with E-state index in [1.165, 1.54) is 0 Å². The lowest BCUT2D eigenvalue weighted by Crippen LogP contribution is -2.52. The zero-order valence-electron chi connectivity index (χ0n) is 17.6. The lowest BCUT2D eigenvalue weighted by Gasteiger charge is -2.43. The quantitative estimate of drug-likeness (QED) is 0.670. The summed E-state index contributed by atoms with van der Waals surface area (Å²) >= 11 is 0. The van der Waals surface area contributed by atoms with Crippen molar-refractivity contribution in [1.82, 2.24) is 9.80 Å². The summed E-state index contributed by atoms with van der Waals surface area (Å²) in [5.41, 5.74) is -0.342. The van der Waals surface area contributed by atoms with Crippen molar-refractivity contribution in [1.29, 1.82) is 0 Å². The van der Waals surface area contributed by atoms with Gasteiger partial charge in [-0.3, -0.25) is 9.59 Å². The fourth-order valence-electron chi connectivity index (χ4n) is 4.22. The number of para-hydroxylation sites is 1. The first-order valence-electron chi connectivity index (χ1n) is 10.9. The summed E-state index contributed by atoms with van der Waals surface area (Å²) in [6.07, 6.45) is 4.73. The molecule has 0 bridgehead atoms. The van der Waals surface area contributed by atoms with E-state index in [4.69, 9.17) is 9.47 Å². The van der Waals surface area contributed by atoms with E-state index in [9.17, 15) is 9.59 Å². The molecule has 2 fully saturated rings. The lowest BCUT2D eigenvalue weighted by molar-refractivity contribution is -0.143. The van der Waals surface area contributed by atoms with Crippen LogP contribution in [-0.2, 0) is 14.3 Å². The van der Waals surface area contributed by atoms with Crippen molar-refractivity contribution in [3.63, 3.8) is 0 Å². The van der Waals surface area contributed by atoms with Crippen molar-refractivity contribution in [2.45, 2.75) is 45.4 Å². The predicted octanol–water partition coefficient (Wildman–Crippen LogP) is 3.11. The fraction of sp³-hybridized carbons (Fsp3) is 0.652. The van der Waals surface area contributed by atoms with E-state index in [2.05, 4.69) is 6.92 Å². The first kappa shape index (κ1) is 21.6. The molecule has 6 nitrogen and oxygen atoms in total. The Morgan fingerprint density at radius 1 is 1.07 bits per heavy atom. The molecule has 2 aliphatic rings. The van der Waals surface area contributed by atoms with Gasteiger partial charge in [-0.05, 0) is 31.4 Å². The number of benzene rings is 1. The van der Waals surface area contributed by atoms with Crippen molar-refractivity contribution >= 4 is 11.8 Å². The smallest absolute Gasteiger partial charge is 0.223 e. The van der Waals surface area contributed by atoms with Crippen LogP contribution in [0.3, 0.4) is 0 Å². The number of piperidine rings is 1. The fourth-order valence-corrected chi connectivity index (χ4v) is 4.22. The van der Waals surface area contributed by atoms with Crippen LogP contribution in [0.25, 0.3) is 0 Å². The number of unbranched alkanes of at least 4 members (excludes halogenated alkanes) is 1. The van der Waals surface area contributed by atoms with Gasteiger partial charge < -0.3 is 19.3 Å². The number of likely N-dealkylation sites (tertiary alicyclic amines) is 1. The second-order valence-electron chi connectivity index (χ2n) is 8.29. The van der Waals surface area contributed by atoms with Crippen LogP contribution >= 0.6 is 0 Å². The first-order valence-corrected chi connectivity index (χ1v) is 10.9. The molecule has 1 aromatic carbocycles. The Labute approximate surface area is 174 Å². The molecule has 0 saturated carbocycles. The highest BCUT2D eigenvalue weighted by atomic mass is 16.5. The van der Waals surface area contributed by atoms with Crippen molar-refractivity contribution in [3.8, 4) is 5.75 Å². The topological polar surface area (TPSA) is 59.1 Å². The van der Waals surface area contributed by atoms with Crippen LogP contribution < -0.4 is 4.74 Å². The highest BCUT2D eigenvalue weighted by molar-refractivity contribution is 5.78. The van der Waals surface area contributed by atoms with Crippen LogP contribution in [0.15, 0.2) is 30.3 Å². The number of ether oxygens (including phenoxy) is 2. The maximum atomic E-state index is 13.0. The van der Waals surface area contributed by atoms with Gasteiger partial charge in [-0.25, -0.2) is 0 Å². The number of amides is 2. The highest BCUT2D eigenvalue weighted by Crippen LogP contribution is 2.35. The van der Waals surface area contributed by atoms with E-state index in [0.717, 1.165) is 38.0 Å². The third-order valence-corrected chi connectivity index (χ3v) is 5.94. The summed E-state index contributed by atoms with van der Waals surface area (Å²) in [5, 5.41) is 0. The second kappa shape index (κ2) is 10.6. The Balaban J connectivity index is 1.71. The standard InChI is InChI=1S/C23H34N2O4/c1-2-3-10-21(26)25-12-7-11-23(18-25,19-29-20-8-5-4-6-9-20)17-22(27)24-13-15-28-16-14-24/h4-6,8-9H,2-3,7,10-19H2,1H3. The van der Waals surface area contributed by atoms with Gasteiger partial charge in [0.25, 0.3) is 0 Å². The summed E-state index contributed by atoms with van der Waals surface area (Å²) in [5.74, 6) is 1.16. The number of morpholine rings is 1. The molecule has 0 radical (unpaired) electrons. The maximum absolute atomic E-state index is 13.0. The summed E-state index contributed by atoms with van der Waals surface area (Å²) < 4.78 is 11.5. The molecule has 3 rings (SSSR count). The number of carbonyl (C=O) groups is 2. The number of hydrogen-bond donors (Lipinski definition) is 0. The molecule has 2 aliphatic heterocycles. The molecule has 1 unspecified atom stereocenters. The molecule has 1 aromatic rings. The molecule has 0 spiro atoms. The molecule has 6 heteroatoms. The van der Waals surface area contributed by atoms with Gasteiger partial charge >= 0.3 is 0 Å². The highest BCUT2D eigenvalue weighted by Gasteiger charge is 2.40. The van der Waals surface area contributed by atoms with Crippen LogP contribution in [-0.4, -0.2) is 67.6 Å². The minimum atomic E-state index is -0.342. The Morgan fingerprint density at radius 3 is 2.55 bits per heavy atom. The predicted molar refractivity (Wildman–Crippen MR) is 112 cm³/mol. The molecule has 2 amide bonds. The SMILES string of the molecule is CCCCC(=O)N1CCCC(COc2ccccc2)(CC(=O)N2CCOCC2)C1. The van der Waals surface area contributed by atoms with Gasteiger partial charge in [0.15, 0.2) is 0 Å². The van der Waals surface area contributed by atoms with E-state index in [1.54, 1.807) is 0 Å². The lowest BCUT2D eigenvalue weighted by atomic mass is 9.77. The Bertz CT molecular complexity index is 660. The molecule has 0 aliphatic carbocycles. The number of hydrogen-bond acceptors (Lipinski definition) is 4. The largest absolute Gasteiger partial charge is 0.493 e. The van der Waals surface area contributed by atoms with E-state index in [0.29, 0.717) is 52.3 Å². The minimum Gasteiger partial charge on any atom is -0.493 e. The molecule has 2 heterocycles. The molecule has 0 aromatic heterocycles. The zero-order valence-corrected chi connectivity index (χ0v) is 17.6. The van der Waals surface area contributed by atoms with Gasteiger partial charge in [0, 0.05) is 44.4 Å². The van der Waals surface area contributed by atoms with Crippen LogP contribution in [0.2, 0.25) is 0 Å². The van der Waals surface area contributed by atoms with Crippen LogP contribution in [0, 0.1) is 5.41 Å². The van der Waals surface area contributed by atoms with E-state index < -0.39 is 0 Å². The molecular formula is C23H34N2O4. The van der Waals surface area contributed by atoms with Gasteiger partial charge in [-0.2, -0.15) is 0 Å². The van der Waals surface area contributed by atoms with E-state index in [1.807, 2.05) is 40.1 Å². The van der Waals surface area contributed by atoms with E-state index >= 15 is 0 Å². The number of carbonyl (C=O) groups excluding carboxylic acids is 2. The molecular weight excluding hydrogens is 368 g/mol. The minimum absolute atomic E-state index is 0.146. The zero-order chi connectivity index (χ0) is 20.5. The third kappa shape index (κ3) is 6.20. The normalized spacial score (nSPS) is 22.4. The van der Waals surface area contributed by atoms with Gasteiger partial charge in [0.2, 0.25) is 11.8 Å². The van der Waals surface area contributed by atoms with Gasteiger partial charge in [-0.15, -0.1) is 0 Å². The van der Waals surface area contributed by atoms with Crippen molar-refractivity contribution in [2.75, 3.05) is 46.0 Å². The molecule has 1 atom stereocenters. The van der Waals surface area contributed by atoms with Crippen LogP contribution in [0.5, 0.6) is 5.75 Å². The van der Waals surface area contributed by atoms with Gasteiger partial charge in [-0.1, -0.05) is 31.5 Å². The monoisotopic (exact) mass is 402 g/mol. The maximum Gasteiger partial charge on any atom is 0.223 e. The summed E-state index contributed by atoms with van der Waals surface area (Å²) in [6.45, 7) is 6.41. The number of rotatable bonds is 8. The van der Waals surface area contributed by atoms with Crippen LogP contribution in [0.1, 0.15) is 45.4 Å². The van der Waals surface area contributed by atoms with Crippen LogP contribution in [0.4, 0.5) is 0 Å². The summed E-state index contributed by atoms with van der Waals surface area (Å²) in [7, 11) is 0. The van der Waals surface area contributed by atoms with Gasteiger partial charge in [0.1, 0.15) is 5.75 Å². The van der Waals surface area contributed by atoms with Gasteiger partial charge in [0.05, 0.1) is 19.8 Å². The first-order chi connectivity index (χ1) is 14.1. The number of nitrogens with zero attached hydrogens (tertiary/aromatic N) is 2. The molecule has 0 N–H and O–H groups in total. The van der Waals surface area contributed by atoms with Crippen molar-refractivity contribution in [2.24, 2.45) is 5.41 Å². The van der Waals surface area contributed by atoms with E-state index in [-0.39, 0.29) is 17.2 Å².